The van der Waals surface area contributed by atoms with E-state index in [1.54, 1.807) is 16.4 Å². The molecule has 0 bridgehead atoms. The predicted octanol–water partition coefficient (Wildman–Crippen LogP) is -0.296. The van der Waals surface area contributed by atoms with Crippen molar-refractivity contribution in [2.45, 2.75) is 6.92 Å². The van der Waals surface area contributed by atoms with Crippen molar-refractivity contribution in [1.82, 2.24) is 30.0 Å². The van der Waals surface area contributed by atoms with Crippen LogP contribution >= 0.6 is 0 Å². The summed E-state index contributed by atoms with van der Waals surface area (Å²) >= 11 is 0. The third-order valence-corrected chi connectivity index (χ3v) is 1.53. The van der Waals surface area contributed by atoms with E-state index in [1.807, 2.05) is 19.2 Å². The van der Waals surface area contributed by atoms with Crippen molar-refractivity contribution >= 4 is 0 Å². The Hall–Kier alpha value is -1.72. The molecule has 2 rings (SSSR count). The quantitative estimate of drug-likeness (QED) is 0.580. The molecule has 0 radical (unpaired) electrons. The van der Waals surface area contributed by atoms with Gasteiger partial charge in [0.25, 0.3) is 5.95 Å². The lowest BCUT2D eigenvalue weighted by Gasteiger charge is -1.95. The topological polar surface area (TPSA) is 61.4 Å². The summed E-state index contributed by atoms with van der Waals surface area (Å²) in [7, 11) is 1.77. The van der Waals surface area contributed by atoms with Crippen LogP contribution in [0.3, 0.4) is 0 Å². The Balaban J connectivity index is 2.50. The first kappa shape index (κ1) is 6.96. The molecule has 0 fully saturated rings. The molecule has 0 spiro atoms. The largest absolute Gasteiger partial charge is 0.269 e. The average molecular weight is 164 g/mol. The Morgan fingerprint density at radius 3 is 2.75 bits per heavy atom. The van der Waals surface area contributed by atoms with E-state index in [2.05, 4.69) is 20.6 Å². The fraction of sp³-hybridized carbons (Fsp3) is 0.333. The van der Waals surface area contributed by atoms with Gasteiger partial charge in [-0.05, 0) is 23.4 Å². The highest BCUT2D eigenvalue weighted by Crippen LogP contribution is 1.99. The summed E-state index contributed by atoms with van der Waals surface area (Å²) < 4.78 is 3.20. The minimum absolute atomic E-state index is 0.614. The maximum absolute atomic E-state index is 4.17. The number of nitrogens with zero attached hydrogens (tertiary/aromatic N) is 6. The smallest absolute Gasteiger partial charge is 0.213 e. The monoisotopic (exact) mass is 164 g/mol. The van der Waals surface area contributed by atoms with Crippen LogP contribution in [-0.2, 0) is 7.05 Å². The third-order valence-electron chi connectivity index (χ3n) is 1.53. The SMILES string of the molecule is Cc1ccn(-c2nnnn2C)n1. The van der Waals surface area contributed by atoms with Crippen LogP contribution in [0.4, 0.5) is 0 Å². The molecule has 0 amide bonds. The summed E-state index contributed by atoms with van der Waals surface area (Å²) in [5.74, 6) is 0.614. The van der Waals surface area contributed by atoms with E-state index in [0.717, 1.165) is 5.69 Å². The normalized spacial score (nSPS) is 10.5. The highest BCUT2D eigenvalue weighted by molar-refractivity contribution is 5.08. The second-order valence-electron chi connectivity index (χ2n) is 2.50. The van der Waals surface area contributed by atoms with Crippen molar-refractivity contribution in [2.24, 2.45) is 7.05 Å². The molecule has 0 aliphatic rings. The molecule has 62 valence electrons. The molecule has 2 heterocycles. The number of aromatic nitrogens is 6. The summed E-state index contributed by atoms with van der Waals surface area (Å²) in [4.78, 5) is 0. The van der Waals surface area contributed by atoms with E-state index in [4.69, 9.17) is 0 Å². The van der Waals surface area contributed by atoms with Gasteiger partial charge in [-0.3, -0.25) is 0 Å². The van der Waals surface area contributed by atoms with Gasteiger partial charge in [-0.2, -0.15) is 5.10 Å². The van der Waals surface area contributed by atoms with Crippen molar-refractivity contribution in [1.29, 1.82) is 0 Å². The second kappa shape index (κ2) is 2.40. The first-order valence-electron chi connectivity index (χ1n) is 3.52. The second-order valence-corrected chi connectivity index (χ2v) is 2.50. The molecule has 0 aromatic carbocycles. The van der Waals surface area contributed by atoms with E-state index in [0.29, 0.717) is 5.95 Å². The van der Waals surface area contributed by atoms with E-state index in [1.165, 1.54) is 0 Å². The van der Waals surface area contributed by atoms with Gasteiger partial charge in [0.05, 0.1) is 5.69 Å². The summed E-state index contributed by atoms with van der Waals surface area (Å²) in [6, 6.07) is 1.90. The minimum Gasteiger partial charge on any atom is -0.213 e. The summed E-state index contributed by atoms with van der Waals surface area (Å²) in [6.45, 7) is 1.92. The molecule has 0 atom stereocenters. The molecule has 6 nitrogen and oxygen atoms in total. The Morgan fingerprint density at radius 1 is 1.42 bits per heavy atom. The van der Waals surface area contributed by atoms with Crippen LogP contribution in [0.2, 0.25) is 0 Å². The van der Waals surface area contributed by atoms with E-state index < -0.39 is 0 Å². The maximum Gasteiger partial charge on any atom is 0.269 e. The zero-order valence-electron chi connectivity index (χ0n) is 6.84. The van der Waals surface area contributed by atoms with E-state index in [-0.39, 0.29) is 0 Å². The first-order chi connectivity index (χ1) is 5.77. The molecule has 0 N–H and O–H groups in total. The molecule has 0 aliphatic heterocycles. The lowest BCUT2D eigenvalue weighted by molar-refractivity contribution is 0.670. The van der Waals surface area contributed by atoms with Crippen molar-refractivity contribution in [3.05, 3.63) is 18.0 Å². The molecular formula is C6H8N6. The lowest BCUT2D eigenvalue weighted by atomic mass is 10.5. The number of hydrogen-bond donors (Lipinski definition) is 0. The standard InChI is InChI=1S/C6H8N6/c1-5-3-4-12(8-5)6-7-9-10-11(6)2/h3-4H,1-2H3. The molecule has 0 saturated heterocycles. The average Bonchev–Trinajstić information content (AvgIpc) is 2.58. The Labute approximate surface area is 68.8 Å². The van der Waals surface area contributed by atoms with Crippen LogP contribution in [0, 0.1) is 6.92 Å². The maximum atomic E-state index is 4.17. The molecule has 12 heavy (non-hydrogen) atoms. The van der Waals surface area contributed by atoms with Crippen molar-refractivity contribution in [3.8, 4) is 5.95 Å². The molecule has 2 aromatic heterocycles. The summed E-state index contributed by atoms with van der Waals surface area (Å²) in [5.41, 5.74) is 0.943. The third kappa shape index (κ3) is 0.969. The minimum atomic E-state index is 0.614. The van der Waals surface area contributed by atoms with Gasteiger partial charge < -0.3 is 0 Å². The van der Waals surface area contributed by atoms with Gasteiger partial charge in [-0.1, -0.05) is 5.10 Å². The highest BCUT2D eigenvalue weighted by atomic mass is 15.6. The zero-order valence-corrected chi connectivity index (χ0v) is 6.84. The number of hydrogen-bond acceptors (Lipinski definition) is 4. The Bertz CT molecular complexity index is 386. The van der Waals surface area contributed by atoms with Gasteiger partial charge in [0.15, 0.2) is 0 Å². The van der Waals surface area contributed by atoms with Crippen LogP contribution in [0.25, 0.3) is 5.95 Å². The van der Waals surface area contributed by atoms with Crippen LogP contribution in [0.5, 0.6) is 0 Å². The predicted molar refractivity (Wildman–Crippen MR) is 40.7 cm³/mol. The van der Waals surface area contributed by atoms with Crippen molar-refractivity contribution in [2.75, 3.05) is 0 Å². The molecule has 6 heteroatoms. The van der Waals surface area contributed by atoms with Crippen LogP contribution in [-0.4, -0.2) is 30.0 Å². The Morgan fingerprint density at radius 2 is 2.25 bits per heavy atom. The molecule has 2 aromatic rings. The van der Waals surface area contributed by atoms with Crippen LogP contribution < -0.4 is 0 Å². The van der Waals surface area contributed by atoms with Gasteiger partial charge in [0, 0.05) is 13.2 Å². The number of tetrazole rings is 1. The van der Waals surface area contributed by atoms with Crippen LogP contribution in [0.1, 0.15) is 5.69 Å². The fourth-order valence-electron chi connectivity index (χ4n) is 0.945. The van der Waals surface area contributed by atoms with E-state index >= 15 is 0 Å². The molecule has 0 aliphatic carbocycles. The zero-order chi connectivity index (χ0) is 8.55. The molecular weight excluding hydrogens is 156 g/mol. The van der Waals surface area contributed by atoms with Gasteiger partial charge in [-0.25, -0.2) is 9.36 Å². The number of rotatable bonds is 1. The summed E-state index contributed by atoms with van der Waals surface area (Å²) in [6.07, 6.45) is 1.82. The van der Waals surface area contributed by atoms with Crippen molar-refractivity contribution < 1.29 is 0 Å². The van der Waals surface area contributed by atoms with Gasteiger partial charge >= 0.3 is 0 Å². The lowest BCUT2D eigenvalue weighted by Crippen LogP contribution is -2.04. The number of aryl methyl sites for hydroxylation is 2. The van der Waals surface area contributed by atoms with Gasteiger partial charge in [0.2, 0.25) is 0 Å². The van der Waals surface area contributed by atoms with Gasteiger partial charge in [0.1, 0.15) is 0 Å². The van der Waals surface area contributed by atoms with Crippen LogP contribution in [0.15, 0.2) is 12.3 Å². The summed E-state index contributed by atoms with van der Waals surface area (Å²) in [5, 5.41) is 15.2. The fourth-order valence-corrected chi connectivity index (χ4v) is 0.945. The molecule has 0 saturated carbocycles. The first-order valence-corrected chi connectivity index (χ1v) is 3.52. The molecule has 0 unspecified atom stereocenters. The van der Waals surface area contributed by atoms with Gasteiger partial charge in [-0.15, -0.1) is 0 Å². The Kier molecular flexibility index (Phi) is 1.39. The highest BCUT2D eigenvalue weighted by Gasteiger charge is 2.04. The van der Waals surface area contributed by atoms with Crippen molar-refractivity contribution in [3.63, 3.8) is 0 Å². The van der Waals surface area contributed by atoms with E-state index in [9.17, 15) is 0 Å².